The van der Waals surface area contributed by atoms with Crippen molar-refractivity contribution in [3.05, 3.63) is 71.8 Å². The number of rotatable bonds is 22. The predicted molar refractivity (Wildman–Crippen MR) is 162 cm³/mol. The minimum atomic E-state index is -1.45. The Hall–Kier alpha value is -3.76. The summed E-state index contributed by atoms with van der Waals surface area (Å²) in [6, 6.07) is 18.1. The molecule has 0 heterocycles. The summed E-state index contributed by atoms with van der Waals surface area (Å²) in [5.74, 6) is -0.727. The highest BCUT2D eigenvalue weighted by atomic mass is 16.4. The Kier molecular flexibility index (Phi) is 17.2. The molecule has 230 valence electrons. The molecule has 0 aliphatic carbocycles. The topological polar surface area (TPSA) is 157 Å². The molecule has 0 saturated heterocycles. The SMILES string of the molecule is O=CC(Cc1ccccc1)NCCCCCCCCCCCC(NC(=O)O)N[C@@H](Cc1ccccc1)C(=O)NC(=O)O. The molecule has 0 spiro atoms. The second kappa shape index (κ2) is 21.0. The summed E-state index contributed by atoms with van der Waals surface area (Å²) in [6.07, 6.45) is 8.51. The Bertz CT molecular complexity index is 1050. The lowest BCUT2D eigenvalue weighted by molar-refractivity contribution is -0.122. The first-order chi connectivity index (χ1) is 20.4. The molecular weight excluding hydrogens is 536 g/mol. The first kappa shape index (κ1) is 34.4. The van der Waals surface area contributed by atoms with Gasteiger partial charge in [-0.3, -0.25) is 15.4 Å². The minimum Gasteiger partial charge on any atom is -0.465 e. The fraction of sp³-hybridized carbons (Fsp3) is 0.500. The van der Waals surface area contributed by atoms with Gasteiger partial charge in [-0.2, -0.15) is 0 Å². The van der Waals surface area contributed by atoms with Gasteiger partial charge in [0, 0.05) is 0 Å². The number of hydrogen-bond acceptors (Lipinski definition) is 6. The normalized spacial score (nSPS) is 13.0. The molecular formula is C32H46N4O6. The quantitative estimate of drug-likeness (QED) is 0.0652. The van der Waals surface area contributed by atoms with Crippen LogP contribution in [-0.2, 0) is 22.4 Å². The Labute approximate surface area is 248 Å². The third kappa shape index (κ3) is 15.9. The first-order valence-corrected chi connectivity index (χ1v) is 14.9. The van der Waals surface area contributed by atoms with Crippen LogP contribution >= 0.6 is 0 Å². The summed E-state index contributed by atoms with van der Waals surface area (Å²) in [5.41, 5.74) is 1.98. The number of nitrogens with one attached hydrogen (secondary N) is 4. The molecule has 0 aromatic heterocycles. The van der Waals surface area contributed by atoms with E-state index < -0.39 is 30.3 Å². The van der Waals surface area contributed by atoms with Crippen molar-refractivity contribution in [2.45, 2.75) is 95.3 Å². The monoisotopic (exact) mass is 582 g/mol. The van der Waals surface area contributed by atoms with Crippen molar-refractivity contribution < 1.29 is 29.4 Å². The largest absolute Gasteiger partial charge is 0.465 e. The van der Waals surface area contributed by atoms with Gasteiger partial charge in [0.2, 0.25) is 5.91 Å². The lowest BCUT2D eigenvalue weighted by Crippen LogP contribution is -2.55. The van der Waals surface area contributed by atoms with Crippen molar-refractivity contribution in [1.82, 2.24) is 21.3 Å². The molecule has 2 aromatic carbocycles. The van der Waals surface area contributed by atoms with Gasteiger partial charge < -0.3 is 25.6 Å². The molecule has 0 fully saturated rings. The fourth-order valence-electron chi connectivity index (χ4n) is 4.89. The van der Waals surface area contributed by atoms with Gasteiger partial charge in [-0.1, -0.05) is 112 Å². The van der Waals surface area contributed by atoms with E-state index in [4.69, 9.17) is 5.11 Å². The van der Waals surface area contributed by atoms with E-state index in [2.05, 4.69) is 16.0 Å². The summed E-state index contributed by atoms with van der Waals surface area (Å²) in [4.78, 5) is 46.2. The molecule has 2 aromatic rings. The highest BCUT2D eigenvalue weighted by Gasteiger charge is 2.24. The summed E-state index contributed by atoms with van der Waals surface area (Å²) in [7, 11) is 0. The Morgan fingerprint density at radius 2 is 1.21 bits per heavy atom. The summed E-state index contributed by atoms with van der Waals surface area (Å²) in [5, 5.41) is 28.9. The number of benzene rings is 2. The highest BCUT2D eigenvalue weighted by Crippen LogP contribution is 2.12. The average Bonchev–Trinajstić information content (AvgIpc) is 2.97. The second-order valence-corrected chi connectivity index (χ2v) is 10.6. The number of carbonyl (C=O) groups is 4. The second-order valence-electron chi connectivity index (χ2n) is 10.6. The Morgan fingerprint density at radius 1 is 0.690 bits per heavy atom. The molecule has 0 saturated carbocycles. The number of carbonyl (C=O) groups excluding carboxylic acids is 2. The van der Waals surface area contributed by atoms with Gasteiger partial charge in [0.25, 0.3) is 0 Å². The van der Waals surface area contributed by atoms with Gasteiger partial charge in [0.05, 0.1) is 18.2 Å². The zero-order valence-electron chi connectivity index (χ0n) is 24.3. The van der Waals surface area contributed by atoms with Gasteiger partial charge in [-0.15, -0.1) is 0 Å². The number of carboxylic acid groups (broad SMARTS) is 2. The van der Waals surface area contributed by atoms with Gasteiger partial charge >= 0.3 is 12.2 Å². The number of amides is 3. The number of unbranched alkanes of at least 4 members (excludes halogenated alkanes) is 8. The molecule has 10 nitrogen and oxygen atoms in total. The van der Waals surface area contributed by atoms with Crippen molar-refractivity contribution in [2.75, 3.05) is 6.54 Å². The van der Waals surface area contributed by atoms with Crippen molar-refractivity contribution in [2.24, 2.45) is 0 Å². The van der Waals surface area contributed by atoms with Gasteiger partial charge in [0.1, 0.15) is 6.29 Å². The number of hydrogen-bond donors (Lipinski definition) is 6. The van der Waals surface area contributed by atoms with Crippen LogP contribution in [0, 0.1) is 0 Å². The van der Waals surface area contributed by atoms with Gasteiger partial charge in [-0.05, 0) is 43.4 Å². The maximum Gasteiger partial charge on any atom is 0.411 e. The lowest BCUT2D eigenvalue weighted by Gasteiger charge is -2.25. The molecule has 3 amide bonds. The fourth-order valence-corrected chi connectivity index (χ4v) is 4.89. The minimum absolute atomic E-state index is 0.149. The van der Waals surface area contributed by atoms with E-state index >= 15 is 0 Å². The zero-order chi connectivity index (χ0) is 30.4. The summed E-state index contributed by atoms with van der Waals surface area (Å²) in [6.45, 7) is 0.833. The predicted octanol–water partition coefficient (Wildman–Crippen LogP) is 4.88. The molecule has 2 unspecified atom stereocenters. The van der Waals surface area contributed by atoms with Crippen LogP contribution in [-0.4, -0.2) is 59.4 Å². The molecule has 3 atom stereocenters. The number of aldehydes is 1. The van der Waals surface area contributed by atoms with Crippen LogP contribution in [0.5, 0.6) is 0 Å². The molecule has 42 heavy (non-hydrogen) atoms. The first-order valence-electron chi connectivity index (χ1n) is 14.9. The van der Waals surface area contributed by atoms with Crippen LogP contribution < -0.4 is 21.3 Å². The maximum atomic E-state index is 12.5. The third-order valence-electron chi connectivity index (χ3n) is 7.07. The number of imide groups is 1. The Morgan fingerprint density at radius 3 is 1.74 bits per heavy atom. The molecule has 0 aliphatic heterocycles. The van der Waals surface area contributed by atoms with Crippen LogP contribution in [0.3, 0.4) is 0 Å². The van der Waals surface area contributed by atoms with Crippen molar-refractivity contribution in [3.63, 3.8) is 0 Å². The van der Waals surface area contributed by atoms with E-state index in [-0.39, 0.29) is 12.5 Å². The van der Waals surface area contributed by atoms with Crippen LogP contribution in [0.2, 0.25) is 0 Å². The van der Waals surface area contributed by atoms with E-state index in [1.165, 1.54) is 0 Å². The van der Waals surface area contributed by atoms with Crippen molar-refractivity contribution in [1.29, 1.82) is 0 Å². The standard InChI is InChI=1S/C32H46N4O6/c37-24-27(22-25-16-10-8-11-17-25)33-21-15-7-5-3-1-2-4-6-14-20-29(35-31(39)40)34-28(30(38)36-32(41)42)23-26-18-12-9-13-19-26/h8-13,16-19,24,27-29,33-35H,1-7,14-15,20-23H2,(H,36,38)(H,39,40)(H,41,42)/t27?,28-,29?/m0/s1. The lowest BCUT2D eigenvalue weighted by atomic mass is 10.0. The zero-order valence-corrected chi connectivity index (χ0v) is 24.3. The smallest absolute Gasteiger partial charge is 0.411 e. The summed E-state index contributed by atoms with van der Waals surface area (Å²) >= 11 is 0. The van der Waals surface area contributed by atoms with Crippen LogP contribution in [0.4, 0.5) is 9.59 Å². The Balaban J connectivity index is 1.60. The van der Waals surface area contributed by atoms with E-state index in [1.54, 1.807) is 0 Å². The molecule has 10 heteroatoms. The molecule has 0 radical (unpaired) electrons. The van der Waals surface area contributed by atoms with Crippen LogP contribution in [0.25, 0.3) is 0 Å². The average molecular weight is 583 g/mol. The molecule has 2 rings (SSSR count). The molecule has 6 N–H and O–H groups in total. The van der Waals surface area contributed by atoms with Crippen LogP contribution in [0.1, 0.15) is 75.3 Å². The van der Waals surface area contributed by atoms with Crippen molar-refractivity contribution in [3.8, 4) is 0 Å². The van der Waals surface area contributed by atoms with Crippen LogP contribution in [0.15, 0.2) is 60.7 Å². The third-order valence-corrected chi connectivity index (χ3v) is 7.07. The van der Waals surface area contributed by atoms with E-state index in [0.29, 0.717) is 12.8 Å². The van der Waals surface area contributed by atoms with E-state index in [1.807, 2.05) is 66.0 Å². The van der Waals surface area contributed by atoms with Crippen molar-refractivity contribution >= 4 is 24.4 Å². The van der Waals surface area contributed by atoms with Gasteiger partial charge in [-0.25, -0.2) is 9.59 Å². The highest BCUT2D eigenvalue weighted by molar-refractivity contribution is 5.94. The van der Waals surface area contributed by atoms with E-state index in [0.717, 1.165) is 81.7 Å². The molecule has 0 bridgehead atoms. The summed E-state index contributed by atoms with van der Waals surface area (Å²) < 4.78 is 0. The van der Waals surface area contributed by atoms with Gasteiger partial charge in [0.15, 0.2) is 0 Å². The maximum absolute atomic E-state index is 12.5. The van der Waals surface area contributed by atoms with E-state index in [9.17, 15) is 24.3 Å². The molecule has 0 aliphatic rings.